The number of carbonyl (C=O) groups excluding carboxylic acids is 2. The molecule has 166 valence electrons. The smallest absolute Gasteiger partial charge is 0.382 e. The van der Waals surface area contributed by atoms with Crippen LogP contribution in [-0.4, -0.2) is 28.8 Å². The second-order valence-corrected chi connectivity index (χ2v) is 7.05. The van der Waals surface area contributed by atoms with Crippen molar-refractivity contribution in [3.05, 3.63) is 76.1 Å². The molecule has 0 saturated carbocycles. The number of alkyl halides is 3. The Kier molecular flexibility index (Phi) is 6.64. The van der Waals surface area contributed by atoms with Crippen molar-refractivity contribution >= 4 is 29.2 Å². The zero-order valence-corrected chi connectivity index (χ0v) is 17.4. The van der Waals surface area contributed by atoms with Gasteiger partial charge in [0.1, 0.15) is 0 Å². The summed E-state index contributed by atoms with van der Waals surface area (Å²) in [5, 5.41) is 4.88. The van der Waals surface area contributed by atoms with Crippen LogP contribution < -0.4 is 16.4 Å². The number of rotatable bonds is 5. The van der Waals surface area contributed by atoms with Gasteiger partial charge in [0.05, 0.1) is 28.0 Å². The lowest BCUT2D eigenvalue weighted by molar-refractivity contribution is -0.137. The molecule has 32 heavy (non-hydrogen) atoms. The first kappa shape index (κ1) is 23.0. The minimum absolute atomic E-state index is 0.0178. The van der Waals surface area contributed by atoms with E-state index in [-0.39, 0.29) is 28.6 Å². The number of hydrogen-bond acceptors (Lipinski definition) is 5. The molecule has 0 saturated heterocycles. The van der Waals surface area contributed by atoms with E-state index >= 15 is 0 Å². The Morgan fingerprint density at radius 2 is 1.88 bits per heavy atom. The van der Waals surface area contributed by atoms with Crippen LogP contribution in [0.25, 0.3) is 11.3 Å². The van der Waals surface area contributed by atoms with E-state index in [0.717, 1.165) is 12.1 Å². The van der Waals surface area contributed by atoms with Crippen LogP contribution in [0.3, 0.4) is 0 Å². The van der Waals surface area contributed by atoms with Crippen molar-refractivity contribution in [3.8, 4) is 11.3 Å². The molecule has 1 aromatic heterocycles. The summed E-state index contributed by atoms with van der Waals surface area (Å²) in [6.45, 7) is 0.0178. The van der Waals surface area contributed by atoms with Crippen LogP contribution >= 0.6 is 11.6 Å². The van der Waals surface area contributed by atoms with Crippen LogP contribution in [0.1, 0.15) is 32.0 Å². The average Bonchev–Trinajstić information content (AvgIpc) is 2.77. The lowest BCUT2D eigenvalue weighted by Gasteiger charge is -2.11. The summed E-state index contributed by atoms with van der Waals surface area (Å²) in [7, 11) is 1.44. The first-order chi connectivity index (χ1) is 15.1. The largest absolute Gasteiger partial charge is 0.416 e. The van der Waals surface area contributed by atoms with Gasteiger partial charge >= 0.3 is 6.18 Å². The van der Waals surface area contributed by atoms with E-state index in [1.165, 1.54) is 13.2 Å². The highest BCUT2D eigenvalue weighted by Gasteiger charge is 2.31. The van der Waals surface area contributed by atoms with Crippen molar-refractivity contribution in [2.24, 2.45) is 0 Å². The highest BCUT2D eigenvalue weighted by molar-refractivity contribution is 6.33. The van der Waals surface area contributed by atoms with Gasteiger partial charge in [-0.05, 0) is 29.8 Å². The van der Waals surface area contributed by atoms with Crippen LogP contribution in [0.5, 0.6) is 0 Å². The molecule has 2 aromatic carbocycles. The first-order valence-corrected chi connectivity index (χ1v) is 9.57. The molecule has 0 fully saturated rings. The number of carbonyl (C=O) groups is 2. The summed E-state index contributed by atoms with van der Waals surface area (Å²) in [6.07, 6.45) is -3.19. The van der Waals surface area contributed by atoms with Crippen LogP contribution in [0.2, 0.25) is 5.02 Å². The monoisotopic (exact) mass is 463 g/mol. The Labute approximate surface area is 185 Å². The summed E-state index contributed by atoms with van der Waals surface area (Å²) in [4.78, 5) is 32.5. The summed E-state index contributed by atoms with van der Waals surface area (Å²) in [6, 6.07) is 9.38. The minimum atomic E-state index is -4.60. The third-order valence-corrected chi connectivity index (χ3v) is 4.79. The Bertz CT molecular complexity index is 1180. The summed E-state index contributed by atoms with van der Waals surface area (Å²) >= 11 is 5.91. The summed E-state index contributed by atoms with van der Waals surface area (Å²) in [5.74, 6) is -1.26. The summed E-state index contributed by atoms with van der Waals surface area (Å²) < 4.78 is 38.8. The third-order valence-electron chi connectivity index (χ3n) is 4.46. The molecule has 0 aliphatic carbocycles. The fourth-order valence-corrected chi connectivity index (χ4v) is 3.02. The molecule has 2 amide bonds. The molecule has 0 aliphatic rings. The van der Waals surface area contributed by atoms with Gasteiger partial charge in [-0.1, -0.05) is 29.8 Å². The highest BCUT2D eigenvalue weighted by Crippen LogP contribution is 2.31. The van der Waals surface area contributed by atoms with Crippen molar-refractivity contribution in [2.75, 3.05) is 12.8 Å². The molecule has 3 rings (SSSR count). The Hall–Kier alpha value is -3.66. The first-order valence-electron chi connectivity index (χ1n) is 9.19. The van der Waals surface area contributed by atoms with E-state index < -0.39 is 23.6 Å². The van der Waals surface area contributed by atoms with Crippen molar-refractivity contribution < 1.29 is 22.8 Å². The van der Waals surface area contributed by atoms with Gasteiger partial charge in [-0.25, -0.2) is 9.97 Å². The van der Waals surface area contributed by atoms with E-state index in [1.54, 1.807) is 24.3 Å². The van der Waals surface area contributed by atoms with Crippen LogP contribution in [0.4, 0.5) is 19.0 Å². The molecule has 7 nitrogen and oxygen atoms in total. The molecule has 3 aromatic rings. The van der Waals surface area contributed by atoms with E-state index in [4.69, 9.17) is 17.3 Å². The van der Waals surface area contributed by atoms with E-state index in [1.807, 2.05) is 0 Å². The Balaban J connectivity index is 1.79. The standard InChI is InChI=1S/C21H17ClF3N5O2/c1-27-20(32)17-18(26)28-10-16(30-17)12-4-2-3-11(7-12)9-29-19(31)14-8-13(21(23,24)25)5-6-15(14)22/h2-8,10H,9H2,1H3,(H2,26,28)(H,27,32)(H,29,31). The number of nitrogen functional groups attached to an aromatic ring is 1. The molecule has 0 radical (unpaired) electrons. The van der Waals surface area contributed by atoms with Gasteiger partial charge in [0.2, 0.25) is 0 Å². The average molecular weight is 464 g/mol. The maximum absolute atomic E-state index is 12.9. The van der Waals surface area contributed by atoms with Crippen molar-refractivity contribution in [1.82, 2.24) is 20.6 Å². The number of hydrogen-bond donors (Lipinski definition) is 3. The lowest BCUT2D eigenvalue weighted by atomic mass is 10.1. The van der Waals surface area contributed by atoms with Gasteiger partial charge in [-0.2, -0.15) is 13.2 Å². The van der Waals surface area contributed by atoms with Gasteiger partial charge < -0.3 is 16.4 Å². The number of nitrogens with one attached hydrogen (secondary N) is 2. The minimum Gasteiger partial charge on any atom is -0.382 e. The fraction of sp³-hybridized carbons (Fsp3) is 0.143. The van der Waals surface area contributed by atoms with Crippen molar-refractivity contribution in [1.29, 1.82) is 0 Å². The molecule has 4 N–H and O–H groups in total. The number of aromatic nitrogens is 2. The fourth-order valence-electron chi connectivity index (χ4n) is 2.82. The van der Waals surface area contributed by atoms with E-state index in [9.17, 15) is 22.8 Å². The molecule has 0 bridgehead atoms. The van der Waals surface area contributed by atoms with Gasteiger partial charge in [0, 0.05) is 19.2 Å². The zero-order chi connectivity index (χ0) is 23.5. The SMILES string of the molecule is CNC(=O)c1nc(-c2cccc(CNC(=O)c3cc(C(F)(F)F)ccc3Cl)c2)cnc1N. The third kappa shape index (κ3) is 5.14. The van der Waals surface area contributed by atoms with Gasteiger partial charge in [-0.15, -0.1) is 0 Å². The molecule has 0 unspecified atom stereocenters. The molecular formula is C21H17ClF3N5O2. The number of amides is 2. The lowest BCUT2D eigenvalue weighted by Crippen LogP contribution is -2.23. The molecule has 0 aliphatic heterocycles. The van der Waals surface area contributed by atoms with E-state index in [2.05, 4.69) is 20.6 Å². The number of halogens is 4. The number of nitrogens with two attached hydrogens (primary N) is 1. The highest BCUT2D eigenvalue weighted by atomic mass is 35.5. The predicted octanol–water partition coefficient (Wildman–Crippen LogP) is 3.69. The van der Waals surface area contributed by atoms with Gasteiger partial charge in [0.15, 0.2) is 11.5 Å². The number of nitrogens with zero attached hydrogens (tertiary/aromatic N) is 2. The molecule has 1 heterocycles. The molecule has 11 heteroatoms. The molecule has 0 atom stereocenters. The van der Waals surface area contributed by atoms with Gasteiger partial charge in [-0.3, -0.25) is 9.59 Å². The predicted molar refractivity (Wildman–Crippen MR) is 113 cm³/mol. The maximum atomic E-state index is 12.9. The Morgan fingerprint density at radius 1 is 1.12 bits per heavy atom. The van der Waals surface area contributed by atoms with E-state index in [0.29, 0.717) is 22.9 Å². The topological polar surface area (TPSA) is 110 Å². The molecular weight excluding hydrogens is 447 g/mol. The van der Waals surface area contributed by atoms with Crippen molar-refractivity contribution in [3.63, 3.8) is 0 Å². The molecule has 0 spiro atoms. The van der Waals surface area contributed by atoms with Crippen LogP contribution in [0, 0.1) is 0 Å². The Morgan fingerprint density at radius 3 is 2.56 bits per heavy atom. The quantitative estimate of drug-likeness (QED) is 0.534. The number of benzene rings is 2. The zero-order valence-electron chi connectivity index (χ0n) is 16.6. The number of anilines is 1. The van der Waals surface area contributed by atoms with Crippen LogP contribution in [0.15, 0.2) is 48.7 Å². The summed E-state index contributed by atoms with van der Waals surface area (Å²) in [5.41, 5.74) is 6.04. The maximum Gasteiger partial charge on any atom is 0.416 e. The van der Waals surface area contributed by atoms with Gasteiger partial charge in [0.25, 0.3) is 11.8 Å². The second kappa shape index (κ2) is 9.23. The second-order valence-electron chi connectivity index (χ2n) is 6.64. The normalized spacial score (nSPS) is 11.2. The van der Waals surface area contributed by atoms with Crippen LogP contribution in [-0.2, 0) is 12.7 Å². The van der Waals surface area contributed by atoms with Crippen molar-refractivity contribution in [2.45, 2.75) is 12.7 Å².